The molecule has 1 saturated heterocycles. The van der Waals surface area contributed by atoms with E-state index in [9.17, 15) is 19.2 Å². The summed E-state index contributed by atoms with van der Waals surface area (Å²) in [5.41, 5.74) is 1.57. The van der Waals surface area contributed by atoms with Crippen LogP contribution in [0.15, 0.2) is 60.7 Å². The Morgan fingerprint density at radius 3 is 2.25 bits per heavy atom. The Bertz CT molecular complexity index is 947. The molecule has 2 aromatic carbocycles. The number of hydrogen-bond acceptors (Lipinski definition) is 6. The van der Waals surface area contributed by atoms with Crippen LogP contribution in [0, 0.1) is 0 Å². The van der Waals surface area contributed by atoms with Crippen molar-refractivity contribution in [2.45, 2.75) is 38.0 Å². The highest BCUT2D eigenvalue weighted by Crippen LogP contribution is 2.19. The Kier molecular flexibility index (Phi) is 7.96. The minimum Gasteiger partial charge on any atom is -0.467 e. The number of alkyl carbamates (subject to hydrolysis) is 1. The van der Waals surface area contributed by atoms with E-state index in [2.05, 4.69) is 5.32 Å². The average Bonchev–Trinajstić information content (AvgIpc) is 3.32. The van der Waals surface area contributed by atoms with Gasteiger partial charge in [-0.25, -0.2) is 9.59 Å². The van der Waals surface area contributed by atoms with Gasteiger partial charge in [0.2, 0.25) is 5.78 Å². The number of amides is 2. The molecule has 1 aliphatic heterocycles. The summed E-state index contributed by atoms with van der Waals surface area (Å²) in [5, 5.41) is 2.52. The molecule has 8 nitrogen and oxygen atoms in total. The molecule has 0 aliphatic carbocycles. The fourth-order valence-corrected chi connectivity index (χ4v) is 3.65. The van der Waals surface area contributed by atoms with Crippen LogP contribution in [0.25, 0.3) is 0 Å². The van der Waals surface area contributed by atoms with Crippen molar-refractivity contribution in [2.75, 3.05) is 13.7 Å². The number of rotatable bonds is 8. The molecule has 3 rings (SSSR count). The van der Waals surface area contributed by atoms with E-state index in [0.717, 1.165) is 11.1 Å². The zero-order valence-corrected chi connectivity index (χ0v) is 17.9. The van der Waals surface area contributed by atoms with Crippen molar-refractivity contribution in [3.05, 3.63) is 71.8 Å². The maximum atomic E-state index is 13.1. The maximum absolute atomic E-state index is 13.1. The minimum absolute atomic E-state index is 0.0312. The number of Topliss-reactive ketones (excluding diaryl/α,β-unsaturated/α-hetero) is 1. The molecule has 0 saturated carbocycles. The Balaban J connectivity index is 1.71. The second-order valence-corrected chi connectivity index (χ2v) is 7.49. The number of likely N-dealkylation sites (tertiary alicyclic amines) is 1. The van der Waals surface area contributed by atoms with Gasteiger partial charge in [-0.05, 0) is 24.0 Å². The Morgan fingerprint density at radius 2 is 1.62 bits per heavy atom. The van der Waals surface area contributed by atoms with E-state index in [-0.39, 0.29) is 19.6 Å². The molecule has 0 bridgehead atoms. The van der Waals surface area contributed by atoms with Crippen LogP contribution in [0.5, 0.6) is 0 Å². The number of benzene rings is 2. The quantitative estimate of drug-likeness (QED) is 0.501. The van der Waals surface area contributed by atoms with Gasteiger partial charge in [0.05, 0.1) is 7.11 Å². The first-order valence-electron chi connectivity index (χ1n) is 10.4. The van der Waals surface area contributed by atoms with Crippen molar-refractivity contribution >= 4 is 23.8 Å². The topological polar surface area (TPSA) is 102 Å². The SMILES string of the molecule is COC(=O)[C@@H]1CCCN1C(=O)C(=O)C(Cc1ccccc1)NC(=O)OCc1ccccc1. The largest absolute Gasteiger partial charge is 0.467 e. The molecule has 2 aromatic rings. The van der Waals surface area contributed by atoms with Gasteiger partial charge in [-0.15, -0.1) is 0 Å². The average molecular weight is 438 g/mol. The Morgan fingerprint density at radius 1 is 1.00 bits per heavy atom. The lowest BCUT2D eigenvalue weighted by atomic mass is 10.0. The summed E-state index contributed by atoms with van der Waals surface area (Å²) in [6.45, 7) is 0.310. The number of nitrogens with one attached hydrogen (secondary N) is 1. The van der Waals surface area contributed by atoms with Gasteiger partial charge in [-0.2, -0.15) is 0 Å². The van der Waals surface area contributed by atoms with E-state index < -0.39 is 35.8 Å². The van der Waals surface area contributed by atoms with Gasteiger partial charge in [0.1, 0.15) is 18.7 Å². The number of nitrogens with zero attached hydrogens (tertiary/aromatic N) is 1. The fourth-order valence-electron chi connectivity index (χ4n) is 3.65. The molecule has 1 N–H and O–H groups in total. The molecule has 1 aliphatic rings. The van der Waals surface area contributed by atoms with Crippen LogP contribution >= 0.6 is 0 Å². The number of ketones is 1. The van der Waals surface area contributed by atoms with Gasteiger partial charge in [0, 0.05) is 13.0 Å². The lowest BCUT2D eigenvalue weighted by Crippen LogP contribution is -2.52. The zero-order valence-electron chi connectivity index (χ0n) is 17.9. The van der Waals surface area contributed by atoms with E-state index in [1.54, 1.807) is 24.3 Å². The van der Waals surface area contributed by atoms with Crippen molar-refractivity contribution in [3.8, 4) is 0 Å². The molecule has 0 spiro atoms. The van der Waals surface area contributed by atoms with E-state index in [1.165, 1.54) is 12.0 Å². The second-order valence-electron chi connectivity index (χ2n) is 7.49. The first-order valence-corrected chi connectivity index (χ1v) is 10.4. The van der Waals surface area contributed by atoms with E-state index in [1.807, 2.05) is 36.4 Å². The highest BCUT2D eigenvalue weighted by molar-refractivity contribution is 6.38. The Hall–Kier alpha value is -3.68. The van der Waals surface area contributed by atoms with Crippen molar-refractivity contribution in [1.82, 2.24) is 10.2 Å². The fraction of sp³-hybridized carbons (Fsp3) is 0.333. The van der Waals surface area contributed by atoms with Crippen LogP contribution in [0.2, 0.25) is 0 Å². The maximum Gasteiger partial charge on any atom is 0.408 e. The van der Waals surface area contributed by atoms with Crippen LogP contribution in [0.1, 0.15) is 24.0 Å². The molecule has 0 aromatic heterocycles. The standard InChI is InChI=1S/C24H26N2O6/c1-31-23(29)20-13-8-14-26(20)22(28)21(27)19(15-17-9-4-2-5-10-17)25-24(30)32-16-18-11-6-3-7-12-18/h2-7,9-12,19-20H,8,13-16H2,1H3,(H,25,30)/t19?,20-/m0/s1. The highest BCUT2D eigenvalue weighted by atomic mass is 16.5. The van der Waals surface area contributed by atoms with Crippen molar-refractivity contribution < 1.29 is 28.7 Å². The van der Waals surface area contributed by atoms with Crippen molar-refractivity contribution in [1.29, 1.82) is 0 Å². The zero-order chi connectivity index (χ0) is 22.9. The Labute approximate surface area is 186 Å². The molecule has 8 heteroatoms. The van der Waals surface area contributed by atoms with E-state index >= 15 is 0 Å². The molecule has 2 atom stereocenters. The third kappa shape index (κ3) is 5.94. The van der Waals surface area contributed by atoms with Crippen LogP contribution in [0.3, 0.4) is 0 Å². The van der Waals surface area contributed by atoms with Crippen molar-refractivity contribution in [3.63, 3.8) is 0 Å². The molecular formula is C24H26N2O6. The molecule has 1 heterocycles. The number of esters is 1. The smallest absolute Gasteiger partial charge is 0.408 e. The van der Waals surface area contributed by atoms with Crippen LogP contribution < -0.4 is 5.32 Å². The van der Waals surface area contributed by atoms with Gasteiger partial charge in [-0.1, -0.05) is 60.7 Å². The van der Waals surface area contributed by atoms with Gasteiger partial charge >= 0.3 is 12.1 Å². The number of methoxy groups -OCH3 is 1. The summed E-state index contributed by atoms with van der Waals surface area (Å²) in [5.74, 6) is -2.18. The van der Waals surface area contributed by atoms with Crippen molar-refractivity contribution in [2.24, 2.45) is 0 Å². The van der Waals surface area contributed by atoms with E-state index in [0.29, 0.717) is 12.8 Å². The lowest BCUT2D eigenvalue weighted by Gasteiger charge is -2.24. The number of hydrogen-bond donors (Lipinski definition) is 1. The molecule has 32 heavy (non-hydrogen) atoms. The predicted molar refractivity (Wildman–Crippen MR) is 115 cm³/mol. The van der Waals surface area contributed by atoms with Gasteiger partial charge in [0.15, 0.2) is 0 Å². The first kappa shape index (κ1) is 23.0. The third-order valence-corrected chi connectivity index (χ3v) is 5.30. The summed E-state index contributed by atoms with van der Waals surface area (Å²) >= 11 is 0. The molecule has 0 radical (unpaired) electrons. The summed E-state index contributed by atoms with van der Waals surface area (Å²) in [6, 6.07) is 16.2. The van der Waals surface area contributed by atoms with Gasteiger partial charge in [-0.3, -0.25) is 9.59 Å². The van der Waals surface area contributed by atoms with Crippen LogP contribution in [0.4, 0.5) is 4.79 Å². The first-order chi connectivity index (χ1) is 15.5. The van der Waals surface area contributed by atoms with Crippen LogP contribution in [-0.4, -0.2) is 54.4 Å². The highest BCUT2D eigenvalue weighted by Gasteiger charge is 2.40. The van der Waals surface area contributed by atoms with Gasteiger partial charge < -0.3 is 19.7 Å². The number of ether oxygens (including phenoxy) is 2. The molecule has 168 valence electrons. The summed E-state index contributed by atoms with van der Waals surface area (Å²) in [7, 11) is 1.24. The van der Waals surface area contributed by atoms with Crippen LogP contribution in [-0.2, 0) is 36.9 Å². The predicted octanol–water partition coefficient (Wildman–Crippen LogP) is 2.26. The lowest BCUT2D eigenvalue weighted by molar-refractivity contribution is -0.154. The van der Waals surface area contributed by atoms with E-state index in [4.69, 9.17) is 9.47 Å². The second kappa shape index (κ2) is 11.1. The number of carbonyl (C=O) groups excluding carboxylic acids is 4. The molecule has 1 unspecified atom stereocenters. The third-order valence-electron chi connectivity index (χ3n) is 5.30. The molecule has 2 amide bonds. The molecular weight excluding hydrogens is 412 g/mol. The monoisotopic (exact) mass is 438 g/mol. The van der Waals surface area contributed by atoms with Gasteiger partial charge in [0.25, 0.3) is 5.91 Å². The summed E-state index contributed by atoms with van der Waals surface area (Å²) < 4.78 is 9.98. The summed E-state index contributed by atoms with van der Waals surface area (Å²) in [4.78, 5) is 51.7. The number of carbonyl (C=O) groups is 4. The normalized spacial score (nSPS) is 16.2. The summed E-state index contributed by atoms with van der Waals surface area (Å²) in [6.07, 6.45) is 0.334. The minimum atomic E-state index is -1.13. The molecule has 1 fully saturated rings.